The number of amides is 3. The minimum atomic E-state index is -0.539. The summed E-state index contributed by atoms with van der Waals surface area (Å²) in [5.74, 6) is 0.307. The fraction of sp³-hybridized carbons (Fsp3) is 0.421. The van der Waals surface area contributed by atoms with Gasteiger partial charge in [-0.3, -0.25) is 15.4 Å². The van der Waals surface area contributed by atoms with Crippen LogP contribution in [0, 0.1) is 5.92 Å². The first-order valence-electron chi connectivity index (χ1n) is 9.26. The van der Waals surface area contributed by atoms with Crippen LogP contribution in [0.3, 0.4) is 0 Å². The van der Waals surface area contributed by atoms with Crippen LogP contribution in [0.4, 0.5) is 10.6 Å². The Morgan fingerprint density at radius 2 is 2.00 bits per heavy atom. The second-order valence-corrected chi connectivity index (χ2v) is 6.76. The van der Waals surface area contributed by atoms with Crippen LogP contribution in [-0.4, -0.2) is 34.3 Å². The lowest BCUT2D eigenvalue weighted by atomic mass is 10.0. The van der Waals surface area contributed by atoms with Crippen LogP contribution in [0.2, 0.25) is 0 Å². The Labute approximate surface area is 158 Å². The van der Waals surface area contributed by atoms with E-state index in [1.54, 1.807) is 10.7 Å². The Bertz CT molecular complexity index is 804. The van der Waals surface area contributed by atoms with E-state index < -0.39 is 6.29 Å². The van der Waals surface area contributed by atoms with Gasteiger partial charge in [-0.15, -0.1) is 0 Å². The maximum atomic E-state index is 12.2. The topological polar surface area (TPSA) is 100 Å². The van der Waals surface area contributed by atoms with Crippen molar-refractivity contribution >= 4 is 17.8 Å². The molecule has 8 nitrogen and oxygen atoms in total. The number of hydrogen-bond donors (Lipinski definition) is 4. The Morgan fingerprint density at radius 1 is 1.26 bits per heavy atom. The molecule has 0 aliphatic carbocycles. The highest BCUT2D eigenvalue weighted by molar-refractivity contribution is 5.89. The van der Waals surface area contributed by atoms with Gasteiger partial charge in [0, 0.05) is 24.2 Å². The molecule has 1 aromatic carbocycles. The van der Waals surface area contributed by atoms with Crippen molar-refractivity contribution in [2.24, 2.45) is 5.92 Å². The van der Waals surface area contributed by atoms with E-state index in [2.05, 4.69) is 26.4 Å². The van der Waals surface area contributed by atoms with E-state index >= 15 is 0 Å². The fourth-order valence-electron chi connectivity index (χ4n) is 2.89. The molecule has 3 rings (SSSR count). The molecular formula is C19H26N6O2. The summed E-state index contributed by atoms with van der Waals surface area (Å²) < 4.78 is 1.61. The number of hydrogen-bond acceptors (Lipinski definition) is 4. The number of urea groups is 1. The third kappa shape index (κ3) is 4.28. The number of nitrogens with zero attached hydrogens (tertiary/aromatic N) is 2. The molecule has 144 valence electrons. The number of aromatic nitrogens is 2. The van der Waals surface area contributed by atoms with Crippen LogP contribution in [-0.2, 0) is 4.79 Å². The van der Waals surface area contributed by atoms with E-state index in [0.29, 0.717) is 18.1 Å². The number of carbonyl (C=O) groups is 2. The lowest BCUT2D eigenvalue weighted by Gasteiger charge is -2.34. The molecule has 2 aromatic rings. The second kappa shape index (κ2) is 8.22. The molecule has 1 fully saturated rings. The molecule has 1 aliphatic heterocycles. The molecule has 1 aromatic heterocycles. The lowest BCUT2D eigenvalue weighted by molar-refractivity contribution is -0.130. The number of anilines is 1. The summed E-state index contributed by atoms with van der Waals surface area (Å²) in [5.41, 5.74) is 1.64. The van der Waals surface area contributed by atoms with Crippen LogP contribution >= 0.6 is 0 Å². The standard InChI is InChI=1S/C19H26N6O2/c1-4-10-20-19(27)22-16-11-15(14-8-6-5-7-9-14)24-25(16)18-21-13(3)12(2)17(26)23-18/h5-9,11-13,18,21H,4,10H2,1-3H3,(H,23,26)(H2,20,22,27). The largest absolute Gasteiger partial charge is 0.338 e. The van der Waals surface area contributed by atoms with E-state index in [4.69, 9.17) is 0 Å². The van der Waals surface area contributed by atoms with Crippen molar-refractivity contribution in [2.75, 3.05) is 11.9 Å². The molecule has 4 N–H and O–H groups in total. The van der Waals surface area contributed by atoms with Gasteiger partial charge in [-0.2, -0.15) is 5.10 Å². The predicted molar refractivity (Wildman–Crippen MR) is 104 cm³/mol. The van der Waals surface area contributed by atoms with Gasteiger partial charge < -0.3 is 10.6 Å². The lowest BCUT2D eigenvalue weighted by Crippen LogP contribution is -2.57. The summed E-state index contributed by atoms with van der Waals surface area (Å²) >= 11 is 0. The molecule has 3 unspecified atom stereocenters. The summed E-state index contributed by atoms with van der Waals surface area (Å²) in [5, 5.41) is 16.5. The van der Waals surface area contributed by atoms with Crippen LogP contribution < -0.4 is 21.3 Å². The fourth-order valence-corrected chi connectivity index (χ4v) is 2.89. The van der Waals surface area contributed by atoms with Gasteiger partial charge >= 0.3 is 6.03 Å². The van der Waals surface area contributed by atoms with Gasteiger partial charge in [-0.05, 0) is 13.3 Å². The van der Waals surface area contributed by atoms with Crippen molar-refractivity contribution in [2.45, 2.75) is 39.5 Å². The summed E-state index contributed by atoms with van der Waals surface area (Å²) in [6, 6.07) is 11.2. The van der Waals surface area contributed by atoms with Gasteiger partial charge in [-0.1, -0.05) is 44.2 Å². The van der Waals surface area contributed by atoms with Crippen molar-refractivity contribution in [3.05, 3.63) is 36.4 Å². The van der Waals surface area contributed by atoms with Gasteiger partial charge in [0.05, 0.1) is 11.6 Å². The highest BCUT2D eigenvalue weighted by Crippen LogP contribution is 2.25. The zero-order chi connectivity index (χ0) is 19.4. The van der Waals surface area contributed by atoms with Crippen molar-refractivity contribution in [3.63, 3.8) is 0 Å². The highest BCUT2D eigenvalue weighted by atomic mass is 16.2. The maximum absolute atomic E-state index is 12.2. The Hall–Kier alpha value is -2.87. The smallest absolute Gasteiger partial charge is 0.320 e. The molecule has 0 spiro atoms. The Kier molecular flexibility index (Phi) is 5.75. The van der Waals surface area contributed by atoms with E-state index in [1.165, 1.54) is 0 Å². The van der Waals surface area contributed by atoms with E-state index in [9.17, 15) is 9.59 Å². The van der Waals surface area contributed by atoms with Gasteiger partial charge in [0.1, 0.15) is 5.82 Å². The van der Waals surface area contributed by atoms with Crippen LogP contribution in [0.25, 0.3) is 11.3 Å². The minimum Gasteiger partial charge on any atom is -0.338 e. The molecule has 8 heteroatoms. The van der Waals surface area contributed by atoms with E-state index in [1.807, 2.05) is 51.1 Å². The molecule has 3 amide bonds. The summed E-state index contributed by atoms with van der Waals surface area (Å²) in [7, 11) is 0. The van der Waals surface area contributed by atoms with Gasteiger partial charge in [-0.25, -0.2) is 9.48 Å². The molecule has 27 heavy (non-hydrogen) atoms. The predicted octanol–water partition coefficient (Wildman–Crippen LogP) is 2.28. The van der Waals surface area contributed by atoms with Crippen molar-refractivity contribution in [3.8, 4) is 11.3 Å². The average molecular weight is 370 g/mol. The maximum Gasteiger partial charge on any atom is 0.320 e. The zero-order valence-electron chi connectivity index (χ0n) is 15.8. The first-order chi connectivity index (χ1) is 13.0. The van der Waals surface area contributed by atoms with E-state index in [-0.39, 0.29) is 23.9 Å². The normalized spacial score (nSPS) is 22.2. The van der Waals surface area contributed by atoms with E-state index in [0.717, 1.165) is 12.0 Å². The number of nitrogens with one attached hydrogen (secondary N) is 4. The molecule has 2 heterocycles. The quantitative estimate of drug-likeness (QED) is 0.649. The monoisotopic (exact) mass is 370 g/mol. The SMILES string of the molecule is CCCNC(=O)Nc1cc(-c2ccccc2)nn1C1NC(=O)C(C)C(C)N1. The van der Waals surface area contributed by atoms with Crippen molar-refractivity contribution < 1.29 is 9.59 Å². The van der Waals surface area contributed by atoms with Gasteiger partial charge in [0.2, 0.25) is 5.91 Å². The Balaban J connectivity index is 1.91. The molecule has 0 radical (unpaired) electrons. The zero-order valence-corrected chi connectivity index (χ0v) is 15.8. The molecule has 3 atom stereocenters. The minimum absolute atomic E-state index is 0.0186. The van der Waals surface area contributed by atoms with Crippen LogP contribution in [0.1, 0.15) is 33.5 Å². The third-order valence-corrected chi connectivity index (χ3v) is 4.69. The molecule has 1 aliphatic rings. The number of rotatable bonds is 5. The van der Waals surface area contributed by atoms with Crippen LogP contribution in [0.15, 0.2) is 36.4 Å². The number of benzene rings is 1. The first-order valence-corrected chi connectivity index (χ1v) is 9.26. The third-order valence-electron chi connectivity index (χ3n) is 4.69. The molecule has 0 saturated carbocycles. The highest BCUT2D eigenvalue weighted by Gasteiger charge is 2.32. The summed E-state index contributed by atoms with van der Waals surface area (Å²) in [6.07, 6.45) is 0.306. The summed E-state index contributed by atoms with van der Waals surface area (Å²) in [4.78, 5) is 24.4. The summed E-state index contributed by atoms with van der Waals surface area (Å²) in [6.45, 7) is 6.40. The van der Waals surface area contributed by atoms with Crippen molar-refractivity contribution in [1.29, 1.82) is 0 Å². The van der Waals surface area contributed by atoms with Crippen LogP contribution in [0.5, 0.6) is 0 Å². The first kappa shape index (κ1) is 18.9. The van der Waals surface area contributed by atoms with Crippen molar-refractivity contribution in [1.82, 2.24) is 25.7 Å². The molecule has 1 saturated heterocycles. The molecular weight excluding hydrogens is 344 g/mol. The number of carbonyl (C=O) groups excluding carboxylic acids is 2. The van der Waals surface area contributed by atoms with Gasteiger partial charge in [0.25, 0.3) is 0 Å². The van der Waals surface area contributed by atoms with Gasteiger partial charge in [0.15, 0.2) is 6.29 Å². The second-order valence-electron chi connectivity index (χ2n) is 6.76. The Morgan fingerprint density at radius 3 is 2.67 bits per heavy atom. The molecule has 0 bridgehead atoms. The average Bonchev–Trinajstić information content (AvgIpc) is 3.08.